The largest absolute Gasteiger partial charge is 0.494 e. The Kier molecular flexibility index (Phi) is 7.61. The van der Waals surface area contributed by atoms with Crippen LogP contribution in [0.4, 0.5) is 18.9 Å². The first kappa shape index (κ1) is 25.7. The van der Waals surface area contributed by atoms with Crippen LogP contribution in [0.25, 0.3) is 17.4 Å². The van der Waals surface area contributed by atoms with Gasteiger partial charge >= 0.3 is 6.18 Å². The molecule has 1 amide bonds. The molecule has 36 heavy (non-hydrogen) atoms. The lowest BCUT2D eigenvalue weighted by Crippen LogP contribution is -2.29. The van der Waals surface area contributed by atoms with E-state index in [0.717, 1.165) is 29.6 Å². The van der Waals surface area contributed by atoms with Gasteiger partial charge in [-0.3, -0.25) is 9.69 Å². The fourth-order valence-corrected chi connectivity index (χ4v) is 4.57. The van der Waals surface area contributed by atoms with E-state index in [1.54, 1.807) is 36.4 Å². The molecule has 4 rings (SSSR count). The summed E-state index contributed by atoms with van der Waals surface area (Å²) in [5, 5.41) is 0.577. The van der Waals surface area contributed by atoms with Crippen molar-refractivity contribution in [2.45, 2.75) is 13.1 Å². The van der Waals surface area contributed by atoms with Gasteiger partial charge in [0.1, 0.15) is 17.3 Å². The summed E-state index contributed by atoms with van der Waals surface area (Å²) in [7, 11) is 0. The molecule has 0 atom stereocenters. The normalized spacial score (nSPS) is 16.2. The summed E-state index contributed by atoms with van der Waals surface area (Å²) in [5.41, 5.74) is -0.0916. The van der Waals surface area contributed by atoms with E-state index in [-0.39, 0.29) is 34.6 Å². The zero-order chi connectivity index (χ0) is 25.9. The molecule has 186 valence electrons. The molecule has 0 saturated carbocycles. The highest BCUT2D eigenvalue weighted by Gasteiger charge is 2.33. The van der Waals surface area contributed by atoms with Gasteiger partial charge in [0, 0.05) is 18.2 Å². The van der Waals surface area contributed by atoms with Crippen LogP contribution in [0, 0.1) is 0 Å². The number of carbonyl (C=O) groups excluding carboxylic acids is 1. The van der Waals surface area contributed by atoms with Crippen LogP contribution in [-0.4, -0.2) is 29.1 Å². The molecule has 1 fully saturated rings. The average molecular weight is 533 g/mol. The van der Waals surface area contributed by atoms with Crippen LogP contribution in [0.3, 0.4) is 0 Å². The average Bonchev–Trinajstić information content (AvgIpc) is 3.41. The summed E-state index contributed by atoms with van der Waals surface area (Å²) in [6.07, 6.45) is -1.40. The highest BCUT2D eigenvalue weighted by Crippen LogP contribution is 2.38. The number of halogens is 4. The second-order valence-corrected chi connectivity index (χ2v) is 8.95. The molecule has 0 aliphatic carbocycles. The second kappa shape index (κ2) is 10.7. The number of hydrogen-bond acceptors (Lipinski definition) is 5. The lowest BCUT2D eigenvalue weighted by molar-refractivity contribution is -0.137. The Labute approximate surface area is 214 Å². The fourth-order valence-electron chi connectivity index (χ4n) is 3.37. The number of furan rings is 1. The van der Waals surface area contributed by atoms with Gasteiger partial charge in [-0.1, -0.05) is 17.7 Å². The number of aliphatic imine (C=N–C) groups is 1. The van der Waals surface area contributed by atoms with Crippen LogP contribution in [-0.2, 0) is 11.0 Å². The Morgan fingerprint density at radius 3 is 2.58 bits per heavy atom. The third-order valence-electron chi connectivity index (χ3n) is 5.03. The van der Waals surface area contributed by atoms with E-state index in [4.69, 9.17) is 20.8 Å². The molecule has 0 spiro atoms. The maximum absolute atomic E-state index is 13.1. The third-order valence-corrected chi connectivity index (χ3v) is 6.37. The summed E-state index contributed by atoms with van der Waals surface area (Å²) < 4.78 is 50.6. The summed E-state index contributed by atoms with van der Waals surface area (Å²) in [6.45, 7) is 6.40. The third kappa shape index (κ3) is 5.68. The summed E-state index contributed by atoms with van der Waals surface area (Å²) >= 11 is 7.28. The van der Waals surface area contributed by atoms with Gasteiger partial charge in [0.2, 0.25) is 0 Å². The Hall–Kier alpha value is -3.43. The molecule has 3 aromatic rings. The van der Waals surface area contributed by atoms with Crippen LogP contribution in [0.5, 0.6) is 5.75 Å². The molecule has 0 N–H and O–H groups in total. The zero-order valence-corrected chi connectivity index (χ0v) is 20.6. The maximum atomic E-state index is 13.1. The number of ether oxygens (including phenoxy) is 1. The van der Waals surface area contributed by atoms with Crippen molar-refractivity contribution in [3.63, 3.8) is 0 Å². The van der Waals surface area contributed by atoms with E-state index in [1.165, 1.54) is 23.1 Å². The molecule has 1 aliphatic rings. The van der Waals surface area contributed by atoms with E-state index in [2.05, 4.69) is 11.6 Å². The van der Waals surface area contributed by atoms with Gasteiger partial charge in [0.25, 0.3) is 5.91 Å². The molecular formula is C26H20ClF3N2O3S. The molecule has 5 nitrogen and oxygen atoms in total. The number of thioether (sulfide) groups is 1. The van der Waals surface area contributed by atoms with Crippen molar-refractivity contribution in [3.8, 4) is 17.1 Å². The van der Waals surface area contributed by atoms with Gasteiger partial charge in [0.15, 0.2) is 5.17 Å². The first-order chi connectivity index (χ1) is 17.2. The van der Waals surface area contributed by atoms with Gasteiger partial charge in [-0.2, -0.15) is 13.2 Å². The number of alkyl halides is 3. The summed E-state index contributed by atoms with van der Waals surface area (Å²) in [6, 6.07) is 13.2. The Morgan fingerprint density at radius 2 is 1.92 bits per heavy atom. The van der Waals surface area contributed by atoms with E-state index in [1.807, 2.05) is 6.92 Å². The molecular weight excluding hydrogens is 513 g/mol. The van der Waals surface area contributed by atoms with E-state index >= 15 is 0 Å². The molecule has 2 aromatic carbocycles. The van der Waals surface area contributed by atoms with Crippen molar-refractivity contribution in [1.29, 1.82) is 0 Å². The van der Waals surface area contributed by atoms with Gasteiger partial charge in [0.05, 0.1) is 27.8 Å². The molecule has 1 saturated heterocycles. The fraction of sp³-hybridized carbons (Fsp3) is 0.154. The van der Waals surface area contributed by atoms with Crippen molar-refractivity contribution < 1.29 is 27.1 Å². The van der Waals surface area contributed by atoms with Crippen molar-refractivity contribution in [2.24, 2.45) is 4.99 Å². The van der Waals surface area contributed by atoms with Crippen molar-refractivity contribution in [2.75, 3.05) is 13.2 Å². The smallest absolute Gasteiger partial charge is 0.416 e. The standard InChI is InChI=1S/C26H20ClF3N2O3S/c1-3-13-32-24(33)23(36-25(32)31-17-6-8-18(9-7-17)34-4-2)15-19-10-12-22(35-19)20-14-16(26(28,29)30)5-11-21(20)27/h3,5-12,14-15H,1,4,13H2,2H3. The van der Waals surface area contributed by atoms with Crippen LogP contribution in [0.15, 0.2) is 81.6 Å². The Balaban J connectivity index is 1.62. The molecule has 1 aromatic heterocycles. The lowest BCUT2D eigenvalue weighted by Gasteiger charge is -2.12. The maximum Gasteiger partial charge on any atom is 0.416 e. The number of benzene rings is 2. The van der Waals surface area contributed by atoms with Gasteiger partial charge in [-0.15, -0.1) is 6.58 Å². The molecule has 10 heteroatoms. The highest BCUT2D eigenvalue weighted by molar-refractivity contribution is 8.18. The van der Waals surface area contributed by atoms with Crippen LogP contribution >= 0.6 is 23.4 Å². The van der Waals surface area contributed by atoms with Gasteiger partial charge in [-0.25, -0.2) is 4.99 Å². The number of amidine groups is 1. The molecule has 2 heterocycles. The monoisotopic (exact) mass is 532 g/mol. The van der Waals surface area contributed by atoms with E-state index in [0.29, 0.717) is 22.4 Å². The van der Waals surface area contributed by atoms with Crippen molar-refractivity contribution in [3.05, 3.63) is 88.5 Å². The molecule has 0 unspecified atom stereocenters. The minimum Gasteiger partial charge on any atom is -0.494 e. The first-order valence-corrected chi connectivity index (χ1v) is 12.0. The summed E-state index contributed by atoms with van der Waals surface area (Å²) in [5.74, 6) is 0.865. The van der Waals surface area contributed by atoms with E-state index < -0.39 is 11.7 Å². The number of rotatable bonds is 7. The SMILES string of the molecule is C=CCN1C(=O)C(=Cc2ccc(-c3cc(C(F)(F)F)ccc3Cl)o2)SC1=Nc1ccc(OCC)cc1. The minimum absolute atomic E-state index is 0.104. The van der Waals surface area contributed by atoms with Crippen LogP contribution < -0.4 is 4.74 Å². The first-order valence-electron chi connectivity index (χ1n) is 10.8. The predicted molar refractivity (Wildman–Crippen MR) is 136 cm³/mol. The van der Waals surface area contributed by atoms with Crippen molar-refractivity contribution in [1.82, 2.24) is 4.90 Å². The van der Waals surface area contributed by atoms with Gasteiger partial charge in [-0.05, 0) is 73.3 Å². The minimum atomic E-state index is -4.52. The van der Waals surface area contributed by atoms with E-state index in [9.17, 15) is 18.0 Å². The van der Waals surface area contributed by atoms with Crippen LogP contribution in [0.2, 0.25) is 5.02 Å². The van der Waals surface area contributed by atoms with Gasteiger partial charge < -0.3 is 9.15 Å². The number of nitrogens with zero attached hydrogens (tertiary/aromatic N) is 2. The molecule has 0 bridgehead atoms. The Bertz CT molecular complexity index is 1350. The lowest BCUT2D eigenvalue weighted by atomic mass is 10.1. The van der Waals surface area contributed by atoms with Crippen LogP contribution in [0.1, 0.15) is 18.2 Å². The number of hydrogen-bond donors (Lipinski definition) is 0. The topological polar surface area (TPSA) is 55.0 Å². The van der Waals surface area contributed by atoms with Crippen molar-refractivity contribution >= 4 is 46.2 Å². The summed E-state index contributed by atoms with van der Waals surface area (Å²) in [4.78, 5) is 19.4. The predicted octanol–water partition coefficient (Wildman–Crippen LogP) is 7.81. The zero-order valence-electron chi connectivity index (χ0n) is 19.0. The quantitative estimate of drug-likeness (QED) is 0.230. The number of amides is 1. The Morgan fingerprint density at radius 1 is 1.17 bits per heavy atom. The number of carbonyl (C=O) groups is 1. The highest BCUT2D eigenvalue weighted by atomic mass is 35.5. The second-order valence-electron chi connectivity index (χ2n) is 7.53. The molecule has 1 aliphatic heterocycles. The molecule has 0 radical (unpaired) electrons.